The Morgan fingerprint density at radius 3 is 2.06 bits per heavy atom. The van der Waals surface area contributed by atoms with Crippen LogP contribution in [0, 0.1) is 0 Å². The minimum Gasteiger partial charge on any atom is -0.389 e. The highest BCUT2D eigenvalue weighted by Crippen LogP contribution is 2.17. The third kappa shape index (κ3) is 3.46. The molecular weight excluding hydrogens is 204 g/mol. The molecule has 0 aromatic heterocycles. The standard InChI is InChI=1S/C12H24N2O2/c1-4-12(16,5-2)10-13-6-8-14(9-7-13)11(3)15/h16H,4-10H2,1-3H3. The number of nitrogens with zero attached hydrogens (tertiary/aromatic N) is 2. The van der Waals surface area contributed by atoms with E-state index < -0.39 is 5.60 Å². The summed E-state index contributed by atoms with van der Waals surface area (Å²) in [6.45, 7) is 9.72. The predicted octanol–water partition coefficient (Wildman–Crippen LogP) is 0.702. The van der Waals surface area contributed by atoms with Gasteiger partial charge in [0.15, 0.2) is 0 Å². The van der Waals surface area contributed by atoms with Gasteiger partial charge in [-0.2, -0.15) is 0 Å². The molecule has 0 bridgehead atoms. The largest absolute Gasteiger partial charge is 0.389 e. The molecule has 4 heteroatoms. The summed E-state index contributed by atoms with van der Waals surface area (Å²) in [5.74, 6) is 0.154. The van der Waals surface area contributed by atoms with Gasteiger partial charge in [-0.3, -0.25) is 9.69 Å². The van der Waals surface area contributed by atoms with E-state index in [1.807, 2.05) is 18.7 Å². The summed E-state index contributed by atoms with van der Waals surface area (Å²) in [6, 6.07) is 0. The van der Waals surface area contributed by atoms with Crippen molar-refractivity contribution in [3.63, 3.8) is 0 Å². The maximum atomic E-state index is 11.2. The maximum absolute atomic E-state index is 11.2. The molecule has 94 valence electrons. The number of piperazine rings is 1. The van der Waals surface area contributed by atoms with Gasteiger partial charge in [0, 0.05) is 39.6 Å². The monoisotopic (exact) mass is 228 g/mol. The minimum atomic E-state index is -0.557. The average molecular weight is 228 g/mol. The number of hydrogen-bond acceptors (Lipinski definition) is 3. The third-order valence-electron chi connectivity index (χ3n) is 3.65. The Labute approximate surface area is 98.2 Å². The first-order valence-electron chi connectivity index (χ1n) is 6.21. The van der Waals surface area contributed by atoms with Gasteiger partial charge < -0.3 is 10.0 Å². The van der Waals surface area contributed by atoms with Gasteiger partial charge in [-0.25, -0.2) is 0 Å². The van der Waals surface area contributed by atoms with Gasteiger partial charge in [0.25, 0.3) is 0 Å². The molecule has 1 aliphatic rings. The van der Waals surface area contributed by atoms with Crippen molar-refractivity contribution in [3.8, 4) is 0 Å². The van der Waals surface area contributed by atoms with E-state index in [-0.39, 0.29) is 5.91 Å². The molecule has 0 aliphatic carbocycles. The van der Waals surface area contributed by atoms with Crippen LogP contribution in [0.3, 0.4) is 0 Å². The highest BCUT2D eigenvalue weighted by molar-refractivity contribution is 5.73. The Morgan fingerprint density at radius 1 is 1.19 bits per heavy atom. The summed E-state index contributed by atoms with van der Waals surface area (Å²) in [4.78, 5) is 15.3. The first kappa shape index (κ1) is 13.5. The number of aliphatic hydroxyl groups is 1. The molecule has 0 radical (unpaired) electrons. The zero-order valence-corrected chi connectivity index (χ0v) is 10.7. The Hall–Kier alpha value is -0.610. The molecule has 1 N–H and O–H groups in total. The SMILES string of the molecule is CCC(O)(CC)CN1CCN(C(C)=O)CC1. The second-order valence-corrected chi connectivity index (χ2v) is 4.71. The predicted molar refractivity (Wildman–Crippen MR) is 64.2 cm³/mol. The van der Waals surface area contributed by atoms with Crippen LogP contribution in [0.4, 0.5) is 0 Å². The van der Waals surface area contributed by atoms with Crippen LogP contribution >= 0.6 is 0 Å². The van der Waals surface area contributed by atoms with Crippen molar-refractivity contribution in [2.75, 3.05) is 32.7 Å². The maximum Gasteiger partial charge on any atom is 0.219 e. The van der Waals surface area contributed by atoms with Crippen molar-refractivity contribution in [2.24, 2.45) is 0 Å². The van der Waals surface area contributed by atoms with Crippen LogP contribution in [0.5, 0.6) is 0 Å². The van der Waals surface area contributed by atoms with Gasteiger partial charge in [-0.05, 0) is 12.8 Å². The van der Waals surface area contributed by atoms with Crippen LogP contribution in [0.15, 0.2) is 0 Å². The fourth-order valence-electron chi connectivity index (χ4n) is 2.11. The first-order chi connectivity index (χ1) is 7.50. The number of carbonyl (C=O) groups is 1. The molecule has 0 aromatic carbocycles. The van der Waals surface area contributed by atoms with E-state index in [4.69, 9.17) is 0 Å². The van der Waals surface area contributed by atoms with E-state index in [1.165, 1.54) is 0 Å². The molecule has 1 amide bonds. The van der Waals surface area contributed by atoms with Crippen molar-refractivity contribution in [1.29, 1.82) is 0 Å². The summed E-state index contributed by atoms with van der Waals surface area (Å²) in [6.07, 6.45) is 1.58. The molecule has 1 fully saturated rings. The van der Waals surface area contributed by atoms with Gasteiger partial charge in [0.2, 0.25) is 5.91 Å². The highest BCUT2D eigenvalue weighted by atomic mass is 16.3. The van der Waals surface area contributed by atoms with Crippen LogP contribution in [0.2, 0.25) is 0 Å². The van der Waals surface area contributed by atoms with Crippen molar-refractivity contribution in [3.05, 3.63) is 0 Å². The van der Waals surface area contributed by atoms with Gasteiger partial charge in [0.05, 0.1) is 5.60 Å². The lowest BCUT2D eigenvalue weighted by Crippen LogP contribution is -2.52. The molecule has 1 heterocycles. The molecular formula is C12H24N2O2. The molecule has 1 saturated heterocycles. The molecule has 16 heavy (non-hydrogen) atoms. The minimum absolute atomic E-state index is 0.154. The zero-order chi connectivity index (χ0) is 12.2. The molecule has 0 atom stereocenters. The van der Waals surface area contributed by atoms with Crippen molar-refractivity contribution in [2.45, 2.75) is 39.2 Å². The van der Waals surface area contributed by atoms with Crippen LogP contribution in [-0.2, 0) is 4.79 Å². The molecule has 0 unspecified atom stereocenters. The lowest BCUT2D eigenvalue weighted by atomic mass is 9.96. The topological polar surface area (TPSA) is 43.8 Å². The molecule has 1 aliphatic heterocycles. The summed E-state index contributed by atoms with van der Waals surface area (Å²) < 4.78 is 0. The fraction of sp³-hybridized carbons (Fsp3) is 0.917. The summed E-state index contributed by atoms with van der Waals surface area (Å²) in [5.41, 5.74) is -0.557. The molecule has 4 nitrogen and oxygen atoms in total. The van der Waals surface area contributed by atoms with Crippen LogP contribution in [0.25, 0.3) is 0 Å². The number of carbonyl (C=O) groups excluding carboxylic acids is 1. The van der Waals surface area contributed by atoms with Crippen LogP contribution < -0.4 is 0 Å². The quantitative estimate of drug-likeness (QED) is 0.770. The van der Waals surface area contributed by atoms with E-state index in [1.54, 1.807) is 6.92 Å². The molecule has 1 rings (SSSR count). The number of hydrogen-bond donors (Lipinski definition) is 1. The van der Waals surface area contributed by atoms with Gasteiger partial charge in [0.1, 0.15) is 0 Å². The van der Waals surface area contributed by atoms with Crippen molar-refractivity contribution >= 4 is 5.91 Å². The highest BCUT2D eigenvalue weighted by Gasteiger charge is 2.27. The number of rotatable bonds is 4. The van der Waals surface area contributed by atoms with Gasteiger partial charge in [-0.1, -0.05) is 13.8 Å². The fourth-order valence-corrected chi connectivity index (χ4v) is 2.11. The van der Waals surface area contributed by atoms with Gasteiger partial charge in [-0.15, -0.1) is 0 Å². The number of amides is 1. The Morgan fingerprint density at radius 2 is 1.69 bits per heavy atom. The lowest BCUT2D eigenvalue weighted by molar-refractivity contribution is -0.131. The van der Waals surface area contributed by atoms with E-state index in [0.717, 1.165) is 45.6 Å². The second-order valence-electron chi connectivity index (χ2n) is 4.71. The van der Waals surface area contributed by atoms with Crippen LogP contribution in [0.1, 0.15) is 33.6 Å². The van der Waals surface area contributed by atoms with E-state index >= 15 is 0 Å². The summed E-state index contributed by atoms with van der Waals surface area (Å²) in [5, 5.41) is 10.2. The van der Waals surface area contributed by atoms with Crippen LogP contribution in [-0.4, -0.2) is 59.1 Å². The lowest BCUT2D eigenvalue weighted by Gasteiger charge is -2.38. The summed E-state index contributed by atoms with van der Waals surface area (Å²) in [7, 11) is 0. The first-order valence-corrected chi connectivity index (χ1v) is 6.21. The Kier molecular flexibility index (Phi) is 4.74. The van der Waals surface area contributed by atoms with E-state index in [2.05, 4.69) is 4.90 Å². The number of β-amino-alcohol motifs (C(OH)–C–C–N with tert-alkyl or cyclic N) is 1. The Balaban J connectivity index is 2.40. The molecule has 0 aromatic rings. The van der Waals surface area contributed by atoms with Crippen molar-refractivity contribution in [1.82, 2.24) is 9.80 Å². The summed E-state index contributed by atoms with van der Waals surface area (Å²) >= 11 is 0. The smallest absolute Gasteiger partial charge is 0.219 e. The Bertz CT molecular complexity index is 231. The third-order valence-corrected chi connectivity index (χ3v) is 3.65. The zero-order valence-electron chi connectivity index (χ0n) is 10.7. The second kappa shape index (κ2) is 5.64. The average Bonchev–Trinajstić information content (AvgIpc) is 2.29. The normalized spacial score (nSPS) is 18.9. The van der Waals surface area contributed by atoms with Crippen molar-refractivity contribution < 1.29 is 9.90 Å². The molecule has 0 saturated carbocycles. The molecule has 0 spiro atoms. The van der Waals surface area contributed by atoms with Gasteiger partial charge >= 0.3 is 0 Å². The van der Waals surface area contributed by atoms with E-state index in [9.17, 15) is 9.90 Å². The van der Waals surface area contributed by atoms with E-state index in [0.29, 0.717) is 0 Å².